The number of anilines is 4. The molecule has 0 radical (unpaired) electrons. The largest absolute Gasteiger partial charge is 0.379 e. The number of benzene rings is 1. The van der Waals surface area contributed by atoms with E-state index in [2.05, 4.69) is 62.8 Å². The van der Waals surface area contributed by atoms with Gasteiger partial charge in [-0.15, -0.1) is 0 Å². The van der Waals surface area contributed by atoms with Gasteiger partial charge in [-0.1, -0.05) is 25.0 Å². The van der Waals surface area contributed by atoms with Gasteiger partial charge in [-0.05, 0) is 62.7 Å². The lowest BCUT2D eigenvalue weighted by molar-refractivity contribution is 0.0996. The first-order valence-electron chi connectivity index (χ1n) is 13.5. The third-order valence-corrected chi connectivity index (χ3v) is 7.69. The molecule has 200 valence electrons. The molecule has 3 aromatic rings. The van der Waals surface area contributed by atoms with Crippen molar-refractivity contribution in [3.8, 4) is 11.1 Å². The summed E-state index contributed by atoms with van der Waals surface area (Å²) in [6, 6.07) is 14.8. The van der Waals surface area contributed by atoms with Gasteiger partial charge in [-0.3, -0.25) is 4.79 Å². The standard InChI is InChI=1S/C29H38N8O/c1-19-23(20-7-9-22(10-8-20)37-15-13-36(2)14-16-37)11-12-27(33-19)35-26-17-21(18-32-28(26)29(31)38)34-25-6-4-3-5-24(25)30/h7-12,17-18,24-25,34H,3-6,13-16,30H2,1-2H3,(H2,31,38)(H,33,35)/t24-,25+/m0/s1. The Labute approximate surface area is 224 Å². The molecule has 1 aromatic carbocycles. The van der Waals surface area contributed by atoms with Gasteiger partial charge in [0.25, 0.3) is 5.91 Å². The second-order valence-electron chi connectivity index (χ2n) is 10.5. The number of hydrogen-bond donors (Lipinski definition) is 4. The van der Waals surface area contributed by atoms with Crippen LogP contribution < -0.4 is 27.0 Å². The van der Waals surface area contributed by atoms with Crippen molar-refractivity contribution in [1.29, 1.82) is 0 Å². The van der Waals surface area contributed by atoms with E-state index >= 15 is 0 Å². The minimum Gasteiger partial charge on any atom is -0.379 e. The van der Waals surface area contributed by atoms with E-state index in [0.717, 1.165) is 74.4 Å². The van der Waals surface area contributed by atoms with Crippen molar-refractivity contribution in [3.63, 3.8) is 0 Å². The number of amides is 1. The van der Waals surface area contributed by atoms with E-state index in [9.17, 15) is 4.79 Å². The van der Waals surface area contributed by atoms with Crippen LogP contribution >= 0.6 is 0 Å². The highest BCUT2D eigenvalue weighted by atomic mass is 16.1. The highest BCUT2D eigenvalue weighted by molar-refractivity contribution is 5.97. The summed E-state index contributed by atoms with van der Waals surface area (Å²) in [5, 5.41) is 6.75. The maximum Gasteiger partial charge on any atom is 0.269 e. The molecule has 2 aromatic heterocycles. The van der Waals surface area contributed by atoms with Crippen molar-refractivity contribution >= 4 is 28.8 Å². The lowest BCUT2D eigenvalue weighted by Crippen LogP contribution is -2.44. The SMILES string of the molecule is Cc1nc(Nc2cc(N[C@@H]3CCCC[C@@H]3N)cnc2C(N)=O)ccc1-c1ccc(N2CCN(C)CC2)cc1. The molecule has 6 N–H and O–H groups in total. The molecule has 2 fully saturated rings. The third kappa shape index (κ3) is 5.89. The molecule has 9 heteroatoms. The van der Waals surface area contributed by atoms with Crippen LogP contribution in [0.1, 0.15) is 41.9 Å². The Morgan fingerprint density at radius 3 is 2.45 bits per heavy atom. The molecular weight excluding hydrogens is 476 g/mol. The summed E-state index contributed by atoms with van der Waals surface area (Å²) >= 11 is 0. The van der Waals surface area contributed by atoms with E-state index in [0.29, 0.717) is 11.5 Å². The number of carbonyl (C=O) groups excluding carboxylic acids is 1. The van der Waals surface area contributed by atoms with Crippen molar-refractivity contribution in [2.75, 3.05) is 48.8 Å². The van der Waals surface area contributed by atoms with Crippen LogP contribution in [0.4, 0.5) is 22.9 Å². The monoisotopic (exact) mass is 514 g/mol. The highest BCUT2D eigenvalue weighted by Gasteiger charge is 2.22. The first-order valence-corrected chi connectivity index (χ1v) is 13.5. The minimum absolute atomic E-state index is 0.100. The summed E-state index contributed by atoms with van der Waals surface area (Å²) in [6.45, 7) is 6.25. The van der Waals surface area contributed by atoms with Crippen molar-refractivity contribution in [2.45, 2.75) is 44.7 Å². The quantitative estimate of drug-likeness (QED) is 0.376. The Balaban J connectivity index is 1.32. The number of piperazine rings is 1. The lowest BCUT2D eigenvalue weighted by atomic mass is 9.91. The Kier molecular flexibility index (Phi) is 7.76. The summed E-state index contributed by atoms with van der Waals surface area (Å²) in [5.74, 6) is 0.0262. The molecular formula is C29H38N8O. The van der Waals surface area contributed by atoms with Crippen LogP contribution in [0.15, 0.2) is 48.7 Å². The van der Waals surface area contributed by atoms with Gasteiger partial charge < -0.3 is 31.9 Å². The number of pyridine rings is 2. The van der Waals surface area contributed by atoms with Gasteiger partial charge in [0.1, 0.15) is 5.82 Å². The molecule has 1 amide bonds. The van der Waals surface area contributed by atoms with Gasteiger partial charge in [0.2, 0.25) is 0 Å². The maximum atomic E-state index is 12.1. The fourth-order valence-electron chi connectivity index (χ4n) is 5.38. The molecule has 3 heterocycles. The van der Waals surface area contributed by atoms with Crippen molar-refractivity contribution in [3.05, 3.63) is 60.0 Å². The van der Waals surface area contributed by atoms with Crippen LogP contribution in [0.5, 0.6) is 0 Å². The summed E-state index contributed by atoms with van der Waals surface area (Å²) in [7, 11) is 2.17. The summed E-state index contributed by atoms with van der Waals surface area (Å²) in [6.07, 6.45) is 5.97. The predicted octanol–water partition coefficient (Wildman–Crippen LogP) is 3.73. The number of carbonyl (C=O) groups is 1. The molecule has 0 spiro atoms. The molecule has 1 aliphatic carbocycles. The minimum atomic E-state index is -0.595. The van der Waals surface area contributed by atoms with Gasteiger partial charge in [-0.25, -0.2) is 9.97 Å². The number of primary amides is 1. The molecule has 1 aliphatic heterocycles. The topological polar surface area (TPSA) is 125 Å². The van der Waals surface area contributed by atoms with E-state index in [1.54, 1.807) is 6.20 Å². The number of aromatic nitrogens is 2. The molecule has 0 bridgehead atoms. The fourth-order valence-corrected chi connectivity index (χ4v) is 5.38. The number of nitrogens with one attached hydrogen (secondary N) is 2. The Morgan fingerprint density at radius 2 is 1.76 bits per heavy atom. The second kappa shape index (κ2) is 11.4. The highest BCUT2D eigenvalue weighted by Crippen LogP contribution is 2.29. The zero-order chi connectivity index (χ0) is 26.6. The molecule has 5 rings (SSSR count). The Morgan fingerprint density at radius 1 is 1.03 bits per heavy atom. The fraction of sp³-hybridized carbons (Fsp3) is 0.414. The van der Waals surface area contributed by atoms with E-state index in [1.165, 1.54) is 5.69 Å². The molecule has 2 aliphatic rings. The molecule has 1 saturated carbocycles. The van der Waals surface area contributed by atoms with Crippen LogP contribution in [-0.4, -0.2) is 66.1 Å². The van der Waals surface area contributed by atoms with E-state index in [-0.39, 0.29) is 17.8 Å². The normalized spacial score (nSPS) is 20.2. The summed E-state index contributed by atoms with van der Waals surface area (Å²) < 4.78 is 0. The average Bonchev–Trinajstić information content (AvgIpc) is 2.91. The number of hydrogen-bond acceptors (Lipinski definition) is 8. The molecule has 1 saturated heterocycles. The molecule has 2 atom stereocenters. The lowest BCUT2D eigenvalue weighted by Gasteiger charge is -2.34. The van der Waals surface area contributed by atoms with Gasteiger partial charge in [0, 0.05) is 55.2 Å². The van der Waals surface area contributed by atoms with Crippen LogP contribution in [0.25, 0.3) is 11.1 Å². The summed E-state index contributed by atoms with van der Waals surface area (Å²) in [5.41, 5.74) is 17.7. The number of rotatable bonds is 7. The molecule has 9 nitrogen and oxygen atoms in total. The second-order valence-corrected chi connectivity index (χ2v) is 10.5. The van der Waals surface area contributed by atoms with Crippen LogP contribution in [0.3, 0.4) is 0 Å². The zero-order valence-corrected chi connectivity index (χ0v) is 22.3. The van der Waals surface area contributed by atoms with Gasteiger partial charge in [0.05, 0.1) is 17.6 Å². The first kappa shape index (κ1) is 25.9. The summed E-state index contributed by atoms with van der Waals surface area (Å²) in [4.78, 5) is 26.0. The number of nitrogens with zero attached hydrogens (tertiary/aromatic N) is 4. The van der Waals surface area contributed by atoms with Crippen molar-refractivity contribution in [2.24, 2.45) is 11.5 Å². The van der Waals surface area contributed by atoms with Gasteiger partial charge in [0.15, 0.2) is 5.69 Å². The Hall–Kier alpha value is -3.69. The molecule has 0 unspecified atom stereocenters. The maximum absolute atomic E-state index is 12.1. The zero-order valence-electron chi connectivity index (χ0n) is 22.3. The first-order chi connectivity index (χ1) is 18.4. The van der Waals surface area contributed by atoms with Crippen molar-refractivity contribution in [1.82, 2.24) is 14.9 Å². The average molecular weight is 515 g/mol. The number of aryl methyl sites for hydroxylation is 1. The van der Waals surface area contributed by atoms with Crippen molar-refractivity contribution < 1.29 is 4.79 Å². The van der Waals surface area contributed by atoms with Crippen LogP contribution in [-0.2, 0) is 0 Å². The Bertz CT molecular complexity index is 1270. The van der Waals surface area contributed by atoms with Gasteiger partial charge >= 0.3 is 0 Å². The number of nitrogens with two attached hydrogens (primary N) is 2. The van der Waals surface area contributed by atoms with Crippen LogP contribution in [0, 0.1) is 6.92 Å². The van der Waals surface area contributed by atoms with Crippen LogP contribution in [0.2, 0.25) is 0 Å². The van der Waals surface area contributed by atoms with Gasteiger partial charge in [-0.2, -0.15) is 0 Å². The number of likely N-dealkylation sites (N-methyl/N-ethyl adjacent to an activating group) is 1. The van der Waals surface area contributed by atoms with E-state index in [4.69, 9.17) is 16.5 Å². The third-order valence-electron chi connectivity index (χ3n) is 7.69. The van der Waals surface area contributed by atoms with E-state index in [1.807, 2.05) is 19.1 Å². The van der Waals surface area contributed by atoms with E-state index < -0.39 is 5.91 Å². The predicted molar refractivity (Wildman–Crippen MR) is 154 cm³/mol. The molecule has 38 heavy (non-hydrogen) atoms. The smallest absolute Gasteiger partial charge is 0.269 e.